The summed E-state index contributed by atoms with van der Waals surface area (Å²) >= 11 is 5.87. The minimum atomic E-state index is -0.436. The van der Waals surface area contributed by atoms with Crippen molar-refractivity contribution in [2.24, 2.45) is 0 Å². The zero-order valence-corrected chi connectivity index (χ0v) is 9.78. The molecule has 0 atom stereocenters. The first-order valence-corrected chi connectivity index (χ1v) is 5.29. The first-order valence-electron chi connectivity index (χ1n) is 4.91. The number of imidazole rings is 1. The molecule has 0 radical (unpaired) electrons. The first kappa shape index (κ1) is 11.0. The van der Waals surface area contributed by atoms with Gasteiger partial charge >= 0.3 is 5.97 Å². The highest BCUT2D eigenvalue weighted by molar-refractivity contribution is 6.31. The lowest BCUT2D eigenvalue weighted by atomic mass is 10.3. The molecule has 16 heavy (non-hydrogen) atoms. The van der Waals surface area contributed by atoms with Crippen LogP contribution >= 0.6 is 11.6 Å². The van der Waals surface area contributed by atoms with Crippen LogP contribution in [0.4, 0.5) is 0 Å². The normalized spacial score (nSPS) is 10.7. The molecule has 0 aliphatic heterocycles. The predicted octanol–water partition coefficient (Wildman–Crippen LogP) is 2.50. The highest BCUT2D eigenvalue weighted by atomic mass is 35.5. The smallest absolute Gasteiger partial charge is 0.374 e. The van der Waals surface area contributed by atoms with E-state index in [1.807, 2.05) is 13.0 Å². The number of methoxy groups -OCH3 is 1. The number of carbonyl (C=O) groups is 1. The molecule has 0 spiro atoms. The standard InChI is InChI=1S/C11H11ClN2O2/c1-3-14-9-5-4-7(12)6-8(9)13-10(14)11(15)16-2/h4-6H,3H2,1-2H3. The summed E-state index contributed by atoms with van der Waals surface area (Å²) in [5, 5.41) is 0.602. The van der Waals surface area contributed by atoms with Gasteiger partial charge in [0.05, 0.1) is 18.1 Å². The van der Waals surface area contributed by atoms with E-state index in [0.717, 1.165) is 5.52 Å². The third kappa shape index (κ3) is 1.65. The molecule has 0 aliphatic carbocycles. The number of esters is 1. The third-order valence-electron chi connectivity index (χ3n) is 2.39. The van der Waals surface area contributed by atoms with Gasteiger partial charge < -0.3 is 9.30 Å². The van der Waals surface area contributed by atoms with Crippen molar-refractivity contribution in [3.05, 3.63) is 29.0 Å². The number of benzene rings is 1. The molecule has 2 rings (SSSR count). The Balaban J connectivity index is 2.70. The topological polar surface area (TPSA) is 44.1 Å². The average molecular weight is 239 g/mol. The van der Waals surface area contributed by atoms with Crippen LogP contribution in [-0.4, -0.2) is 22.6 Å². The van der Waals surface area contributed by atoms with E-state index in [1.165, 1.54) is 7.11 Å². The lowest BCUT2D eigenvalue weighted by Crippen LogP contribution is -2.10. The molecule has 4 nitrogen and oxygen atoms in total. The summed E-state index contributed by atoms with van der Waals surface area (Å²) in [6.45, 7) is 2.60. The summed E-state index contributed by atoms with van der Waals surface area (Å²) < 4.78 is 6.49. The van der Waals surface area contributed by atoms with E-state index in [2.05, 4.69) is 9.72 Å². The van der Waals surface area contributed by atoms with Crippen molar-refractivity contribution in [2.75, 3.05) is 7.11 Å². The Morgan fingerprint density at radius 3 is 2.94 bits per heavy atom. The zero-order valence-electron chi connectivity index (χ0n) is 9.03. The summed E-state index contributed by atoms with van der Waals surface area (Å²) in [6, 6.07) is 5.36. The van der Waals surface area contributed by atoms with Crippen LogP contribution in [0.3, 0.4) is 0 Å². The Hall–Kier alpha value is -1.55. The molecule has 0 aliphatic rings. The van der Waals surface area contributed by atoms with Gasteiger partial charge in [0, 0.05) is 11.6 Å². The summed E-state index contributed by atoms with van der Waals surface area (Å²) in [5.41, 5.74) is 1.59. The second-order valence-electron chi connectivity index (χ2n) is 3.30. The second kappa shape index (κ2) is 4.14. The molecule has 1 heterocycles. The van der Waals surface area contributed by atoms with Gasteiger partial charge in [0.15, 0.2) is 0 Å². The third-order valence-corrected chi connectivity index (χ3v) is 2.63. The van der Waals surface area contributed by atoms with Crippen LogP contribution in [-0.2, 0) is 11.3 Å². The molecular formula is C11H11ClN2O2. The van der Waals surface area contributed by atoms with Gasteiger partial charge in [-0.2, -0.15) is 0 Å². The van der Waals surface area contributed by atoms with E-state index < -0.39 is 5.97 Å². The second-order valence-corrected chi connectivity index (χ2v) is 3.74. The fourth-order valence-corrected chi connectivity index (χ4v) is 1.84. The number of hydrogen-bond donors (Lipinski definition) is 0. The minimum Gasteiger partial charge on any atom is -0.463 e. The maximum atomic E-state index is 11.5. The highest BCUT2D eigenvalue weighted by Gasteiger charge is 2.16. The Morgan fingerprint density at radius 2 is 2.31 bits per heavy atom. The van der Waals surface area contributed by atoms with Crippen LogP contribution in [0, 0.1) is 0 Å². The molecule has 84 valence electrons. The highest BCUT2D eigenvalue weighted by Crippen LogP contribution is 2.20. The number of carbonyl (C=O) groups excluding carboxylic acids is 1. The molecule has 2 aromatic rings. The number of aromatic nitrogens is 2. The number of rotatable bonds is 2. The van der Waals surface area contributed by atoms with Crippen molar-refractivity contribution in [3.63, 3.8) is 0 Å². The van der Waals surface area contributed by atoms with Crippen molar-refractivity contribution < 1.29 is 9.53 Å². The maximum absolute atomic E-state index is 11.5. The lowest BCUT2D eigenvalue weighted by Gasteiger charge is -2.03. The van der Waals surface area contributed by atoms with Gasteiger partial charge in [0.2, 0.25) is 5.82 Å². The van der Waals surface area contributed by atoms with Gasteiger partial charge in [-0.15, -0.1) is 0 Å². The number of ether oxygens (including phenoxy) is 1. The fraction of sp³-hybridized carbons (Fsp3) is 0.273. The Bertz CT molecular complexity index is 548. The van der Waals surface area contributed by atoms with Crippen LogP contribution in [0.15, 0.2) is 18.2 Å². The summed E-state index contributed by atoms with van der Waals surface area (Å²) in [6.07, 6.45) is 0. The molecular weight excluding hydrogens is 228 g/mol. The van der Waals surface area contributed by atoms with Gasteiger partial charge in [-0.3, -0.25) is 0 Å². The largest absolute Gasteiger partial charge is 0.463 e. The van der Waals surface area contributed by atoms with Gasteiger partial charge in [0.25, 0.3) is 0 Å². The van der Waals surface area contributed by atoms with Crippen LogP contribution in [0.5, 0.6) is 0 Å². The molecule has 0 saturated heterocycles. The molecule has 0 N–H and O–H groups in total. The van der Waals surface area contributed by atoms with Crippen LogP contribution in [0.2, 0.25) is 5.02 Å². The van der Waals surface area contributed by atoms with Crippen LogP contribution in [0.25, 0.3) is 11.0 Å². The van der Waals surface area contributed by atoms with E-state index in [0.29, 0.717) is 22.9 Å². The monoisotopic (exact) mass is 238 g/mol. The Morgan fingerprint density at radius 1 is 1.56 bits per heavy atom. The molecule has 1 aromatic carbocycles. The number of halogens is 1. The van der Waals surface area contributed by atoms with E-state index in [-0.39, 0.29) is 0 Å². The van der Waals surface area contributed by atoms with Crippen molar-refractivity contribution in [3.8, 4) is 0 Å². The summed E-state index contributed by atoms with van der Waals surface area (Å²) in [7, 11) is 1.34. The molecule has 5 heteroatoms. The van der Waals surface area contributed by atoms with E-state index in [4.69, 9.17) is 11.6 Å². The van der Waals surface area contributed by atoms with E-state index >= 15 is 0 Å². The van der Waals surface area contributed by atoms with E-state index in [9.17, 15) is 4.79 Å². The molecule has 0 bridgehead atoms. The quantitative estimate of drug-likeness (QED) is 0.755. The van der Waals surface area contributed by atoms with Gasteiger partial charge in [0.1, 0.15) is 0 Å². The SMILES string of the molecule is CCn1c(C(=O)OC)nc2cc(Cl)ccc21. The van der Waals surface area contributed by atoms with Gasteiger partial charge in [-0.1, -0.05) is 11.6 Å². The van der Waals surface area contributed by atoms with Crippen molar-refractivity contribution in [1.82, 2.24) is 9.55 Å². The van der Waals surface area contributed by atoms with E-state index in [1.54, 1.807) is 16.7 Å². The van der Waals surface area contributed by atoms with Crippen molar-refractivity contribution in [1.29, 1.82) is 0 Å². The van der Waals surface area contributed by atoms with Crippen LogP contribution < -0.4 is 0 Å². The lowest BCUT2D eigenvalue weighted by molar-refractivity contribution is 0.0582. The Kier molecular flexibility index (Phi) is 2.83. The number of nitrogens with zero attached hydrogens (tertiary/aromatic N) is 2. The maximum Gasteiger partial charge on any atom is 0.374 e. The van der Waals surface area contributed by atoms with Crippen molar-refractivity contribution in [2.45, 2.75) is 13.5 Å². The summed E-state index contributed by atoms with van der Waals surface area (Å²) in [5.74, 6) is -0.128. The van der Waals surface area contributed by atoms with Gasteiger partial charge in [-0.05, 0) is 25.1 Å². The number of fused-ring (bicyclic) bond motifs is 1. The Labute approximate surface area is 97.8 Å². The average Bonchev–Trinajstić information content (AvgIpc) is 2.65. The molecule has 0 amide bonds. The first-order chi connectivity index (χ1) is 7.67. The van der Waals surface area contributed by atoms with Gasteiger partial charge in [-0.25, -0.2) is 9.78 Å². The minimum absolute atomic E-state index is 0.308. The summed E-state index contributed by atoms with van der Waals surface area (Å²) in [4.78, 5) is 15.7. The molecule has 0 saturated carbocycles. The zero-order chi connectivity index (χ0) is 11.7. The number of hydrogen-bond acceptors (Lipinski definition) is 3. The molecule has 0 fully saturated rings. The van der Waals surface area contributed by atoms with Crippen LogP contribution in [0.1, 0.15) is 17.5 Å². The fourth-order valence-electron chi connectivity index (χ4n) is 1.67. The number of aryl methyl sites for hydroxylation is 1. The van der Waals surface area contributed by atoms with Crippen molar-refractivity contribution >= 4 is 28.6 Å². The predicted molar refractivity (Wildman–Crippen MR) is 61.8 cm³/mol. The molecule has 0 unspecified atom stereocenters. The molecule has 1 aromatic heterocycles.